The molecular formula is C20H24N2O4. The van der Waals surface area contributed by atoms with Gasteiger partial charge in [0.25, 0.3) is 11.5 Å². The Labute approximate surface area is 152 Å². The van der Waals surface area contributed by atoms with Gasteiger partial charge in [-0.05, 0) is 62.6 Å². The molecule has 0 radical (unpaired) electrons. The van der Waals surface area contributed by atoms with E-state index in [1.165, 1.54) is 11.0 Å². The predicted octanol–water partition coefficient (Wildman–Crippen LogP) is 2.89. The Hall–Kier alpha value is -2.60. The lowest BCUT2D eigenvalue weighted by Crippen LogP contribution is -2.28. The summed E-state index contributed by atoms with van der Waals surface area (Å²) in [5.74, 6) is 0.304. The van der Waals surface area contributed by atoms with Gasteiger partial charge in [0, 0.05) is 25.0 Å². The summed E-state index contributed by atoms with van der Waals surface area (Å²) in [6.07, 6.45) is 3.48. The van der Waals surface area contributed by atoms with Crippen LogP contribution in [0.3, 0.4) is 0 Å². The average Bonchev–Trinajstić information content (AvgIpc) is 2.66. The highest BCUT2D eigenvalue weighted by Gasteiger charge is 2.15. The molecule has 6 nitrogen and oxygen atoms in total. The fraction of sp³-hybridized carbons (Fsp3) is 0.400. The number of hydrogen-bond donors (Lipinski definition) is 1. The van der Waals surface area contributed by atoms with Crippen molar-refractivity contribution in [2.75, 3.05) is 18.5 Å². The maximum Gasteiger partial charge on any atom is 0.263 e. The number of hydrogen-bond acceptors (Lipinski definition) is 4. The lowest BCUT2D eigenvalue weighted by molar-refractivity contribution is -0.0110. The monoisotopic (exact) mass is 356 g/mol. The molecule has 2 aromatic rings. The number of carbonyl (C=O) groups excluding carboxylic acids is 1. The summed E-state index contributed by atoms with van der Waals surface area (Å²) in [5, 5.41) is 2.75. The van der Waals surface area contributed by atoms with Gasteiger partial charge >= 0.3 is 0 Å². The largest absolute Gasteiger partial charge is 0.491 e. The molecule has 1 aliphatic rings. The molecule has 1 unspecified atom stereocenters. The highest BCUT2D eigenvalue weighted by molar-refractivity contribution is 6.04. The molecule has 1 atom stereocenters. The molecule has 1 fully saturated rings. The van der Waals surface area contributed by atoms with Crippen molar-refractivity contribution in [2.24, 2.45) is 7.05 Å². The summed E-state index contributed by atoms with van der Waals surface area (Å²) in [5.41, 5.74) is 1.22. The van der Waals surface area contributed by atoms with Gasteiger partial charge in [-0.3, -0.25) is 9.59 Å². The third-order valence-corrected chi connectivity index (χ3v) is 4.62. The van der Waals surface area contributed by atoms with Gasteiger partial charge in [0.1, 0.15) is 17.9 Å². The number of anilines is 1. The maximum absolute atomic E-state index is 12.3. The van der Waals surface area contributed by atoms with E-state index in [0.717, 1.165) is 30.9 Å². The Kier molecular flexibility index (Phi) is 5.73. The maximum atomic E-state index is 12.3. The molecule has 2 heterocycles. The molecule has 0 bridgehead atoms. The molecule has 1 aromatic carbocycles. The van der Waals surface area contributed by atoms with Crippen LogP contribution in [-0.2, 0) is 11.8 Å². The summed E-state index contributed by atoms with van der Waals surface area (Å²) in [4.78, 5) is 24.5. The van der Waals surface area contributed by atoms with E-state index < -0.39 is 5.91 Å². The lowest BCUT2D eigenvalue weighted by Gasteiger charge is -2.22. The fourth-order valence-electron chi connectivity index (χ4n) is 2.86. The second-order valence-electron chi connectivity index (χ2n) is 6.53. The van der Waals surface area contributed by atoms with Gasteiger partial charge in [-0.2, -0.15) is 0 Å². The fourth-order valence-corrected chi connectivity index (χ4v) is 2.86. The van der Waals surface area contributed by atoms with Gasteiger partial charge < -0.3 is 19.4 Å². The molecule has 6 heteroatoms. The predicted molar refractivity (Wildman–Crippen MR) is 99.9 cm³/mol. The highest BCUT2D eigenvalue weighted by atomic mass is 16.5. The zero-order valence-electron chi connectivity index (χ0n) is 15.2. The van der Waals surface area contributed by atoms with Crippen molar-refractivity contribution in [3.63, 3.8) is 0 Å². The summed E-state index contributed by atoms with van der Waals surface area (Å²) in [7, 11) is 1.65. The third-order valence-electron chi connectivity index (χ3n) is 4.62. The normalized spacial score (nSPS) is 16.9. The summed E-state index contributed by atoms with van der Waals surface area (Å²) < 4.78 is 12.8. The van der Waals surface area contributed by atoms with Crippen LogP contribution in [0.25, 0.3) is 0 Å². The van der Waals surface area contributed by atoms with Crippen LogP contribution in [0.4, 0.5) is 5.69 Å². The first kappa shape index (κ1) is 18.2. The van der Waals surface area contributed by atoms with E-state index in [0.29, 0.717) is 12.3 Å². The van der Waals surface area contributed by atoms with E-state index in [1.807, 2.05) is 6.92 Å². The van der Waals surface area contributed by atoms with E-state index in [9.17, 15) is 9.59 Å². The van der Waals surface area contributed by atoms with E-state index in [1.54, 1.807) is 43.4 Å². The number of rotatable bonds is 5. The zero-order chi connectivity index (χ0) is 18.5. The number of aryl methyl sites for hydroxylation is 1. The number of benzene rings is 1. The molecule has 1 aromatic heterocycles. The van der Waals surface area contributed by atoms with Crippen molar-refractivity contribution in [1.29, 1.82) is 0 Å². The summed E-state index contributed by atoms with van der Waals surface area (Å²) in [6, 6.07) is 10.4. The van der Waals surface area contributed by atoms with Crippen molar-refractivity contribution in [1.82, 2.24) is 4.57 Å². The standard InChI is InChI=1S/C20H24N2O4/c1-14-6-11-18(20(24)22(14)2)19(23)21-15-7-9-16(10-8-15)26-13-17-5-3-4-12-25-17/h6-11,17H,3-5,12-13H2,1-2H3,(H,21,23). The van der Waals surface area contributed by atoms with Crippen LogP contribution in [0.1, 0.15) is 35.3 Å². The number of pyridine rings is 1. The summed E-state index contributed by atoms with van der Waals surface area (Å²) in [6.45, 7) is 3.16. The number of nitrogens with one attached hydrogen (secondary N) is 1. The number of aromatic nitrogens is 1. The molecule has 1 amide bonds. The van der Waals surface area contributed by atoms with Crippen molar-refractivity contribution in [3.8, 4) is 5.75 Å². The average molecular weight is 356 g/mol. The topological polar surface area (TPSA) is 69.6 Å². The lowest BCUT2D eigenvalue weighted by atomic mass is 10.1. The number of carbonyl (C=O) groups is 1. The van der Waals surface area contributed by atoms with Gasteiger partial charge in [0.2, 0.25) is 0 Å². The first-order valence-corrected chi connectivity index (χ1v) is 8.87. The van der Waals surface area contributed by atoms with E-state index in [-0.39, 0.29) is 17.2 Å². The SMILES string of the molecule is Cc1ccc(C(=O)Nc2ccc(OCC3CCCCO3)cc2)c(=O)n1C. The molecule has 3 rings (SSSR count). The van der Waals surface area contributed by atoms with Crippen LogP contribution in [0.2, 0.25) is 0 Å². The van der Waals surface area contributed by atoms with Crippen LogP contribution >= 0.6 is 0 Å². The molecule has 1 saturated heterocycles. The minimum Gasteiger partial charge on any atom is -0.491 e. The van der Waals surface area contributed by atoms with Gasteiger partial charge in [-0.1, -0.05) is 0 Å². The van der Waals surface area contributed by atoms with Crippen LogP contribution in [0, 0.1) is 6.92 Å². The molecular weight excluding hydrogens is 332 g/mol. The van der Waals surface area contributed by atoms with Gasteiger partial charge in [0.15, 0.2) is 0 Å². The summed E-state index contributed by atoms with van der Waals surface area (Å²) >= 11 is 0. The van der Waals surface area contributed by atoms with E-state index in [4.69, 9.17) is 9.47 Å². The molecule has 26 heavy (non-hydrogen) atoms. The van der Waals surface area contributed by atoms with Crippen molar-refractivity contribution < 1.29 is 14.3 Å². The van der Waals surface area contributed by atoms with Crippen LogP contribution < -0.4 is 15.6 Å². The first-order chi connectivity index (χ1) is 12.5. The quantitative estimate of drug-likeness (QED) is 0.894. The second-order valence-corrected chi connectivity index (χ2v) is 6.53. The Balaban J connectivity index is 1.59. The number of amides is 1. The smallest absolute Gasteiger partial charge is 0.263 e. The first-order valence-electron chi connectivity index (χ1n) is 8.87. The van der Waals surface area contributed by atoms with Crippen molar-refractivity contribution in [3.05, 3.63) is 58.0 Å². The minimum atomic E-state index is -0.421. The van der Waals surface area contributed by atoms with Gasteiger partial charge in [-0.25, -0.2) is 0 Å². The second kappa shape index (κ2) is 8.19. The number of nitrogens with zero attached hydrogens (tertiary/aromatic N) is 1. The van der Waals surface area contributed by atoms with Gasteiger partial charge in [-0.15, -0.1) is 0 Å². The highest BCUT2D eigenvalue weighted by Crippen LogP contribution is 2.18. The molecule has 1 aliphatic heterocycles. The zero-order valence-corrected chi connectivity index (χ0v) is 15.2. The molecule has 1 N–H and O–H groups in total. The molecule has 0 saturated carbocycles. The Bertz CT molecular complexity index is 821. The van der Waals surface area contributed by atoms with Crippen LogP contribution in [-0.4, -0.2) is 29.8 Å². The van der Waals surface area contributed by atoms with Crippen molar-refractivity contribution in [2.45, 2.75) is 32.3 Å². The van der Waals surface area contributed by atoms with Crippen molar-refractivity contribution >= 4 is 11.6 Å². The third kappa shape index (κ3) is 4.32. The van der Waals surface area contributed by atoms with E-state index >= 15 is 0 Å². The number of ether oxygens (including phenoxy) is 2. The Morgan fingerprint density at radius 3 is 2.69 bits per heavy atom. The molecule has 0 aliphatic carbocycles. The Morgan fingerprint density at radius 2 is 2.00 bits per heavy atom. The van der Waals surface area contributed by atoms with Crippen LogP contribution in [0.15, 0.2) is 41.2 Å². The van der Waals surface area contributed by atoms with Crippen LogP contribution in [0.5, 0.6) is 5.75 Å². The minimum absolute atomic E-state index is 0.118. The van der Waals surface area contributed by atoms with E-state index in [2.05, 4.69) is 5.32 Å². The molecule has 0 spiro atoms. The Morgan fingerprint density at radius 1 is 1.23 bits per heavy atom. The van der Waals surface area contributed by atoms with Gasteiger partial charge in [0.05, 0.1) is 6.10 Å². The molecule has 138 valence electrons.